The van der Waals surface area contributed by atoms with Crippen LogP contribution in [0, 0.1) is 0 Å². The molecule has 0 fully saturated rings. The van der Waals surface area contributed by atoms with Gasteiger partial charge in [-0.1, -0.05) is 24.3 Å². The quantitative estimate of drug-likeness (QED) is 0.866. The molecule has 0 bridgehead atoms. The van der Waals surface area contributed by atoms with E-state index in [4.69, 9.17) is 23.2 Å². The molecule has 1 aromatic carbocycles. The van der Waals surface area contributed by atoms with Crippen LogP contribution in [0.15, 0.2) is 30.5 Å². The molecule has 0 amide bonds. The zero-order chi connectivity index (χ0) is 12.3. The zero-order valence-electron chi connectivity index (χ0n) is 9.45. The molecule has 0 atom stereocenters. The lowest BCUT2D eigenvalue weighted by Crippen LogP contribution is -2.39. The molecule has 0 radical (unpaired) electrons. The van der Waals surface area contributed by atoms with Crippen molar-refractivity contribution < 1.29 is 0 Å². The third kappa shape index (κ3) is 2.61. The van der Waals surface area contributed by atoms with Crippen LogP contribution in [0.5, 0.6) is 0 Å². The monoisotopic (exact) mass is 269 g/mol. The van der Waals surface area contributed by atoms with Gasteiger partial charge in [0.25, 0.3) is 0 Å². The van der Waals surface area contributed by atoms with Gasteiger partial charge in [0.2, 0.25) is 0 Å². The number of nitrogens with one attached hydrogen (secondary N) is 1. The Labute approximate surface area is 110 Å². The second-order valence-electron chi connectivity index (χ2n) is 4.23. The maximum Gasteiger partial charge on any atom is 0.157 e. The number of nitrogens with zero attached hydrogens (tertiary/aromatic N) is 2. The highest BCUT2D eigenvalue weighted by molar-refractivity contribution is 6.22. The maximum atomic E-state index is 5.91. The fourth-order valence-electron chi connectivity index (χ4n) is 1.51. The van der Waals surface area contributed by atoms with Gasteiger partial charge in [0.15, 0.2) is 5.82 Å². The Kier molecular flexibility index (Phi) is 3.69. The molecule has 3 nitrogen and oxygen atoms in total. The third-order valence-corrected chi connectivity index (χ3v) is 3.76. The second kappa shape index (κ2) is 5.07. The van der Waals surface area contributed by atoms with Crippen molar-refractivity contribution in [1.29, 1.82) is 0 Å². The predicted molar refractivity (Wildman–Crippen MR) is 73.0 cm³/mol. The average molecular weight is 270 g/mol. The normalized spacial score (nSPS) is 11.7. The van der Waals surface area contributed by atoms with Gasteiger partial charge in [-0.3, -0.25) is 0 Å². The number of anilines is 1. The summed E-state index contributed by atoms with van der Waals surface area (Å²) in [6, 6.07) is 7.92. The Morgan fingerprint density at radius 1 is 1.24 bits per heavy atom. The van der Waals surface area contributed by atoms with Crippen LogP contribution in [0.25, 0.3) is 10.8 Å². The highest BCUT2D eigenvalue weighted by atomic mass is 35.5. The molecular formula is C12H13Cl2N3. The number of benzene rings is 1. The molecule has 0 unspecified atom stereocenters. The third-order valence-electron chi connectivity index (χ3n) is 2.58. The molecule has 0 aliphatic carbocycles. The molecule has 2 aromatic rings. The van der Waals surface area contributed by atoms with E-state index in [-0.39, 0.29) is 5.54 Å². The first-order valence-electron chi connectivity index (χ1n) is 5.29. The minimum absolute atomic E-state index is 0.387. The Bertz CT molecular complexity index is 507. The van der Waals surface area contributed by atoms with Gasteiger partial charge in [0, 0.05) is 22.5 Å². The van der Waals surface area contributed by atoms with Crippen molar-refractivity contribution in [2.24, 2.45) is 0 Å². The van der Waals surface area contributed by atoms with Crippen LogP contribution in [-0.2, 0) is 0 Å². The van der Waals surface area contributed by atoms with Gasteiger partial charge in [-0.25, -0.2) is 0 Å². The van der Waals surface area contributed by atoms with Gasteiger partial charge in [-0.05, 0) is 6.92 Å². The van der Waals surface area contributed by atoms with E-state index in [0.717, 1.165) is 10.8 Å². The molecule has 0 aliphatic heterocycles. The SMILES string of the molecule is CC(CCl)(CCl)Nc1nncc2ccccc12. The zero-order valence-corrected chi connectivity index (χ0v) is 11.0. The van der Waals surface area contributed by atoms with Gasteiger partial charge in [0.1, 0.15) is 0 Å². The van der Waals surface area contributed by atoms with Gasteiger partial charge < -0.3 is 5.32 Å². The first kappa shape index (κ1) is 12.4. The van der Waals surface area contributed by atoms with Crippen molar-refractivity contribution in [3.63, 3.8) is 0 Å². The topological polar surface area (TPSA) is 37.8 Å². The van der Waals surface area contributed by atoms with E-state index < -0.39 is 0 Å². The van der Waals surface area contributed by atoms with Gasteiger partial charge in [-0.2, -0.15) is 5.10 Å². The number of alkyl halides is 2. The van der Waals surface area contributed by atoms with Crippen LogP contribution < -0.4 is 5.32 Å². The van der Waals surface area contributed by atoms with Crippen LogP contribution >= 0.6 is 23.2 Å². The highest BCUT2D eigenvalue weighted by Crippen LogP contribution is 2.23. The summed E-state index contributed by atoms with van der Waals surface area (Å²) in [5, 5.41) is 13.4. The van der Waals surface area contributed by atoms with Crippen LogP contribution in [-0.4, -0.2) is 27.5 Å². The molecule has 90 valence electrons. The van der Waals surface area contributed by atoms with Crippen molar-refractivity contribution in [3.8, 4) is 0 Å². The summed E-state index contributed by atoms with van der Waals surface area (Å²) in [7, 11) is 0. The smallest absolute Gasteiger partial charge is 0.157 e. The number of hydrogen-bond acceptors (Lipinski definition) is 3. The van der Waals surface area contributed by atoms with E-state index >= 15 is 0 Å². The fraction of sp³-hybridized carbons (Fsp3) is 0.333. The molecule has 17 heavy (non-hydrogen) atoms. The summed E-state index contributed by atoms with van der Waals surface area (Å²) in [4.78, 5) is 0. The Hall–Kier alpha value is -1.06. The summed E-state index contributed by atoms with van der Waals surface area (Å²) in [6.45, 7) is 1.95. The molecule has 1 aromatic heterocycles. The first-order valence-corrected chi connectivity index (χ1v) is 6.36. The van der Waals surface area contributed by atoms with Crippen molar-refractivity contribution in [2.45, 2.75) is 12.5 Å². The van der Waals surface area contributed by atoms with Crippen molar-refractivity contribution >= 4 is 39.8 Å². The summed E-state index contributed by atoms with van der Waals surface area (Å²) < 4.78 is 0. The van der Waals surface area contributed by atoms with E-state index in [0.29, 0.717) is 17.6 Å². The minimum Gasteiger partial charge on any atom is -0.360 e. The summed E-state index contributed by atoms with van der Waals surface area (Å²) in [5.41, 5.74) is -0.387. The van der Waals surface area contributed by atoms with E-state index in [1.54, 1.807) is 6.20 Å². The number of aromatic nitrogens is 2. The minimum atomic E-state index is -0.387. The fourth-order valence-corrected chi connectivity index (χ4v) is 1.93. The van der Waals surface area contributed by atoms with Crippen molar-refractivity contribution in [3.05, 3.63) is 30.5 Å². The summed E-state index contributed by atoms with van der Waals surface area (Å²) in [5.74, 6) is 1.52. The lowest BCUT2D eigenvalue weighted by Gasteiger charge is -2.26. The number of hydrogen-bond donors (Lipinski definition) is 1. The van der Waals surface area contributed by atoms with Gasteiger partial charge in [0.05, 0.1) is 11.7 Å². The maximum absolute atomic E-state index is 5.91. The Morgan fingerprint density at radius 2 is 1.94 bits per heavy atom. The van der Waals surface area contributed by atoms with Crippen LogP contribution in [0.1, 0.15) is 6.92 Å². The molecule has 0 saturated carbocycles. The lowest BCUT2D eigenvalue weighted by molar-refractivity contribution is 0.644. The molecule has 5 heteroatoms. The standard InChI is InChI=1S/C12H13Cl2N3/c1-12(7-13,8-14)16-11-10-5-3-2-4-9(10)6-15-17-11/h2-6H,7-8H2,1H3,(H,16,17). The average Bonchev–Trinajstić information content (AvgIpc) is 2.39. The van der Waals surface area contributed by atoms with Crippen LogP contribution in [0.4, 0.5) is 5.82 Å². The molecular weight excluding hydrogens is 257 g/mol. The molecule has 0 spiro atoms. The predicted octanol–water partition coefficient (Wildman–Crippen LogP) is 3.28. The largest absolute Gasteiger partial charge is 0.360 e. The first-order chi connectivity index (χ1) is 8.18. The van der Waals surface area contributed by atoms with E-state index in [2.05, 4.69) is 15.5 Å². The molecule has 2 rings (SSSR count). The number of halogens is 2. The Morgan fingerprint density at radius 3 is 2.65 bits per heavy atom. The second-order valence-corrected chi connectivity index (χ2v) is 4.77. The molecule has 1 heterocycles. The molecule has 0 saturated heterocycles. The Balaban J connectivity index is 2.42. The number of rotatable bonds is 4. The van der Waals surface area contributed by atoms with E-state index in [9.17, 15) is 0 Å². The molecule has 1 N–H and O–H groups in total. The molecule has 0 aliphatic rings. The van der Waals surface area contributed by atoms with Crippen molar-refractivity contribution in [2.75, 3.05) is 17.1 Å². The summed E-state index contributed by atoms with van der Waals surface area (Å²) in [6.07, 6.45) is 1.74. The van der Waals surface area contributed by atoms with E-state index in [1.165, 1.54) is 0 Å². The van der Waals surface area contributed by atoms with Gasteiger partial charge in [-0.15, -0.1) is 28.3 Å². The van der Waals surface area contributed by atoms with Crippen LogP contribution in [0.3, 0.4) is 0 Å². The lowest BCUT2D eigenvalue weighted by atomic mass is 10.1. The summed E-state index contributed by atoms with van der Waals surface area (Å²) >= 11 is 11.8. The van der Waals surface area contributed by atoms with Gasteiger partial charge >= 0.3 is 0 Å². The highest BCUT2D eigenvalue weighted by Gasteiger charge is 2.23. The van der Waals surface area contributed by atoms with Crippen molar-refractivity contribution in [1.82, 2.24) is 10.2 Å². The number of fused-ring (bicyclic) bond motifs is 1. The van der Waals surface area contributed by atoms with E-state index in [1.807, 2.05) is 31.2 Å². The van der Waals surface area contributed by atoms with Crippen LogP contribution in [0.2, 0.25) is 0 Å².